The van der Waals surface area contributed by atoms with Crippen LogP contribution >= 0.6 is 11.6 Å². The van der Waals surface area contributed by atoms with Gasteiger partial charge in [-0.25, -0.2) is 0 Å². The molecular formula is C25H32ClN5O5S. The monoisotopic (exact) mass is 549 g/mol. The van der Waals surface area contributed by atoms with E-state index in [0.717, 1.165) is 24.5 Å². The molecule has 3 unspecified atom stereocenters. The second kappa shape index (κ2) is 10.8. The van der Waals surface area contributed by atoms with Gasteiger partial charge in [0, 0.05) is 38.5 Å². The van der Waals surface area contributed by atoms with E-state index in [2.05, 4.69) is 10.2 Å². The Morgan fingerprint density at radius 1 is 1.14 bits per heavy atom. The maximum Gasteiger partial charge on any atom is 0.310 e. The van der Waals surface area contributed by atoms with Gasteiger partial charge in [-0.05, 0) is 51.2 Å². The first-order chi connectivity index (χ1) is 17.8. The van der Waals surface area contributed by atoms with E-state index in [4.69, 9.17) is 16.3 Å². The Hall–Kier alpha value is -2.34. The number of aromatic nitrogens is 3. The van der Waals surface area contributed by atoms with Crippen molar-refractivity contribution in [3.8, 4) is 0 Å². The largest absolute Gasteiger partial charge is 0.593 e. The van der Waals surface area contributed by atoms with Gasteiger partial charge in [0.1, 0.15) is 17.7 Å². The number of benzene rings is 1. The molecule has 0 N–H and O–H groups in total. The number of amides is 1. The van der Waals surface area contributed by atoms with Crippen molar-refractivity contribution < 1.29 is 23.1 Å². The highest BCUT2D eigenvalue weighted by atomic mass is 35.5. The molecule has 0 radical (unpaired) electrons. The van der Waals surface area contributed by atoms with Gasteiger partial charge in [-0.3, -0.25) is 9.59 Å². The maximum absolute atomic E-state index is 13.6. The SMILES string of the molecule is CCOC(=O)C1CCCN(C(=O)C2CCc3nnc(C4CCN([S+](=O)([O-])c5ccccc5Cl)CC4)n32)C1. The van der Waals surface area contributed by atoms with Crippen LogP contribution in [0.5, 0.6) is 0 Å². The molecule has 37 heavy (non-hydrogen) atoms. The minimum Gasteiger partial charge on any atom is -0.593 e. The number of halogens is 1. The minimum absolute atomic E-state index is 0.000909. The summed E-state index contributed by atoms with van der Waals surface area (Å²) in [6, 6.07) is 6.08. The quantitative estimate of drug-likeness (QED) is 0.401. The molecule has 3 aliphatic heterocycles. The topological polar surface area (TPSA) is 121 Å². The summed E-state index contributed by atoms with van der Waals surface area (Å²) in [7, 11) is -3.69. The molecular weight excluding hydrogens is 518 g/mol. The third-order valence-corrected chi connectivity index (χ3v) is 10.1. The molecule has 3 aliphatic rings. The van der Waals surface area contributed by atoms with Crippen molar-refractivity contribution in [2.45, 2.75) is 62.3 Å². The molecule has 10 nitrogen and oxygen atoms in total. The highest BCUT2D eigenvalue weighted by Gasteiger charge is 2.41. The zero-order valence-corrected chi connectivity index (χ0v) is 22.5. The van der Waals surface area contributed by atoms with Crippen LogP contribution in [0.25, 0.3) is 0 Å². The number of ether oxygens (including phenoxy) is 1. The first kappa shape index (κ1) is 26.3. The van der Waals surface area contributed by atoms with Crippen molar-refractivity contribution >= 4 is 33.9 Å². The Morgan fingerprint density at radius 2 is 1.89 bits per heavy atom. The summed E-state index contributed by atoms with van der Waals surface area (Å²) in [5, 5.41) is 9.02. The van der Waals surface area contributed by atoms with Crippen molar-refractivity contribution in [1.82, 2.24) is 24.0 Å². The van der Waals surface area contributed by atoms with Crippen LogP contribution < -0.4 is 0 Å². The number of rotatable bonds is 6. The molecule has 0 spiro atoms. The fourth-order valence-electron chi connectivity index (χ4n) is 5.74. The fourth-order valence-corrected chi connectivity index (χ4v) is 7.71. The van der Waals surface area contributed by atoms with Crippen molar-refractivity contribution in [3.63, 3.8) is 0 Å². The van der Waals surface area contributed by atoms with Crippen LogP contribution in [0.2, 0.25) is 5.02 Å². The second-order valence-corrected chi connectivity index (χ2v) is 12.2. The number of hydrogen-bond donors (Lipinski definition) is 0. The van der Waals surface area contributed by atoms with Gasteiger partial charge in [-0.1, -0.05) is 27.9 Å². The number of likely N-dealkylation sites (tertiary alicyclic amines) is 1. The van der Waals surface area contributed by atoms with Gasteiger partial charge in [0.25, 0.3) is 0 Å². The normalized spacial score (nSPS) is 24.5. The smallest absolute Gasteiger partial charge is 0.310 e. The number of piperidine rings is 2. The third-order valence-electron chi connectivity index (χ3n) is 7.66. The molecule has 0 saturated carbocycles. The third kappa shape index (κ3) is 5.06. The zero-order valence-electron chi connectivity index (χ0n) is 20.9. The van der Waals surface area contributed by atoms with Crippen LogP contribution in [0.3, 0.4) is 0 Å². The number of carbonyl (C=O) groups is 2. The van der Waals surface area contributed by atoms with E-state index in [1.807, 2.05) is 4.57 Å². The number of carbonyl (C=O) groups excluding carboxylic acids is 2. The Kier molecular flexibility index (Phi) is 7.67. The first-order valence-electron chi connectivity index (χ1n) is 12.9. The molecule has 2 saturated heterocycles. The molecule has 12 heteroatoms. The predicted molar refractivity (Wildman–Crippen MR) is 135 cm³/mol. The van der Waals surface area contributed by atoms with E-state index in [1.54, 1.807) is 30.0 Å². The van der Waals surface area contributed by atoms with Crippen molar-refractivity contribution in [2.24, 2.45) is 5.92 Å². The van der Waals surface area contributed by atoms with Crippen molar-refractivity contribution in [3.05, 3.63) is 40.9 Å². The van der Waals surface area contributed by atoms with Crippen LogP contribution in [-0.2, 0) is 35.4 Å². The van der Waals surface area contributed by atoms with Crippen LogP contribution in [-0.4, -0.2) is 73.2 Å². The number of sulfonamides is 1. The van der Waals surface area contributed by atoms with Gasteiger partial charge >= 0.3 is 5.97 Å². The summed E-state index contributed by atoms with van der Waals surface area (Å²) < 4.78 is 34.9. The lowest BCUT2D eigenvalue weighted by molar-refractivity contribution is -0.151. The van der Waals surface area contributed by atoms with E-state index in [1.165, 1.54) is 10.4 Å². The molecule has 1 aromatic carbocycles. The summed E-state index contributed by atoms with van der Waals surface area (Å²) in [5.74, 6) is 1.01. The lowest BCUT2D eigenvalue weighted by atomic mass is 9.96. The molecule has 2 fully saturated rings. The van der Waals surface area contributed by atoms with Gasteiger partial charge in [0.05, 0.1) is 17.5 Å². The number of aryl methyl sites for hydroxylation is 1. The Morgan fingerprint density at radius 3 is 2.62 bits per heavy atom. The Labute approximate surface area is 222 Å². The molecule has 0 bridgehead atoms. The number of nitrogens with zero attached hydrogens (tertiary/aromatic N) is 5. The number of esters is 1. The molecule has 0 aliphatic carbocycles. The van der Waals surface area contributed by atoms with Gasteiger partial charge in [-0.15, -0.1) is 14.5 Å². The maximum atomic E-state index is 13.6. The van der Waals surface area contributed by atoms with E-state index in [-0.39, 0.29) is 33.6 Å². The Bertz CT molecular complexity index is 1210. The molecule has 2 aromatic rings. The average Bonchev–Trinajstić information content (AvgIpc) is 3.51. The Balaban J connectivity index is 1.28. The number of hydrogen-bond acceptors (Lipinski definition) is 7. The summed E-state index contributed by atoms with van der Waals surface area (Å²) in [5.41, 5.74) is 0. The number of fused-ring (bicyclic) bond motifs is 1. The fraction of sp³-hybridized carbons (Fsp3) is 0.600. The van der Waals surface area contributed by atoms with E-state index < -0.39 is 16.4 Å². The molecule has 3 atom stereocenters. The first-order valence-corrected chi connectivity index (χ1v) is 14.8. The molecule has 200 valence electrons. The van der Waals surface area contributed by atoms with Crippen LogP contribution in [0.15, 0.2) is 29.2 Å². The molecule has 5 rings (SSSR count). The van der Waals surface area contributed by atoms with E-state index >= 15 is 0 Å². The zero-order chi connectivity index (χ0) is 26.2. The lowest BCUT2D eigenvalue weighted by Gasteiger charge is -2.35. The summed E-state index contributed by atoms with van der Waals surface area (Å²) in [4.78, 5) is 27.8. The van der Waals surface area contributed by atoms with Crippen LogP contribution in [0.1, 0.15) is 62.6 Å². The summed E-state index contributed by atoms with van der Waals surface area (Å²) in [6.07, 6.45) is 3.97. The lowest BCUT2D eigenvalue weighted by Crippen LogP contribution is -2.45. The van der Waals surface area contributed by atoms with Gasteiger partial charge < -0.3 is 18.8 Å². The molecule has 1 aromatic heterocycles. The standard InChI is InChI=1S/C25H32ClN5O5S/c1-2-36-25(33)18-6-5-13-29(16-18)24(32)20-9-10-22-27-28-23(31(20)22)17-11-14-30(15-12-17)37(34,35)21-8-4-3-7-19(21)26/h3-4,7-8,17-18,20H,2,5-6,9-16H2,1H3. The highest BCUT2D eigenvalue weighted by molar-refractivity contribution is 7.95. The van der Waals surface area contributed by atoms with Gasteiger partial charge in [-0.2, -0.15) is 0 Å². The minimum atomic E-state index is -3.69. The van der Waals surface area contributed by atoms with Crippen molar-refractivity contribution in [2.75, 3.05) is 32.8 Å². The highest BCUT2D eigenvalue weighted by Crippen LogP contribution is 2.38. The average molecular weight is 550 g/mol. The van der Waals surface area contributed by atoms with Crippen molar-refractivity contribution in [1.29, 1.82) is 0 Å². The molecule has 4 heterocycles. The summed E-state index contributed by atoms with van der Waals surface area (Å²) >= 11 is 6.16. The second-order valence-electron chi connectivity index (χ2n) is 9.88. The van der Waals surface area contributed by atoms with Gasteiger partial charge in [0.2, 0.25) is 5.91 Å². The summed E-state index contributed by atoms with van der Waals surface area (Å²) in [6.45, 7) is 3.79. The van der Waals surface area contributed by atoms with Crippen LogP contribution in [0, 0.1) is 5.92 Å². The molecule has 1 amide bonds. The van der Waals surface area contributed by atoms with E-state index in [0.29, 0.717) is 58.5 Å². The predicted octanol–water partition coefficient (Wildman–Crippen LogP) is 3.00. The van der Waals surface area contributed by atoms with E-state index in [9.17, 15) is 18.4 Å². The van der Waals surface area contributed by atoms with Crippen LogP contribution in [0.4, 0.5) is 0 Å². The van der Waals surface area contributed by atoms with Gasteiger partial charge in [0.15, 0.2) is 15.3 Å².